The molecule has 0 spiro atoms. The third kappa shape index (κ3) is 2.26. The van der Waals surface area contributed by atoms with Gasteiger partial charge in [-0.15, -0.1) is 6.42 Å². The van der Waals surface area contributed by atoms with Gasteiger partial charge in [-0.3, -0.25) is 0 Å². The van der Waals surface area contributed by atoms with Gasteiger partial charge in [0.15, 0.2) is 11.5 Å². The number of imidazole rings is 1. The summed E-state index contributed by atoms with van der Waals surface area (Å²) in [5.74, 6) is 3.95. The lowest BCUT2D eigenvalue weighted by atomic mass is 10.1. The average Bonchev–Trinajstić information content (AvgIpc) is 2.80. The van der Waals surface area contributed by atoms with Gasteiger partial charge in [0.25, 0.3) is 0 Å². The van der Waals surface area contributed by atoms with Crippen LogP contribution in [0, 0.1) is 12.3 Å². The van der Waals surface area contributed by atoms with Gasteiger partial charge in [-0.25, -0.2) is 4.98 Å². The lowest BCUT2D eigenvalue weighted by Gasteiger charge is -2.12. The predicted molar refractivity (Wildman–Crippen MR) is 79.0 cm³/mol. The molecule has 2 rings (SSSR count). The lowest BCUT2D eigenvalue weighted by Crippen LogP contribution is -2.01. The number of benzene rings is 1. The number of aromatic nitrogens is 2. The summed E-state index contributed by atoms with van der Waals surface area (Å²) in [6.45, 7) is 0.351. The van der Waals surface area contributed by atoms with E-state index in [2.05, 4.69) is 10.9 Å². The molecule has 2 aromatic rings. The van der Waals surface area contributed by atoms with Crippen LogP contribution in [0.4, 0.5) is 5.82 Å². The Labute approximate surface area is 122 Å². The predicted octanol–water partition coefficient (Wildman–Crippen LogP) is 2.44. The molecular formula is C14H14ClN3O2. The van der Waals surface area contributed by atoms with Crippen molar-refractivity contribution in [2.75, 3.05) is 20.0 Å². The highest BCUT2D eigenvalue weighted by Crippen LogP contribution is 2.42. The summed E-state index contributed by atoms with van der Waals surface area (Å²) in [5.41, 5.74) is 7.25. The first-order chi connectivity index (χ1) is 9.63. The molecule has 2 N–H and O–H groups in total. The van der Waals surface area contributed by atoms with Crippen molar-refractivity contribution < 1.29 is 9.47 Å². The van der Waals surface area contributed by atoms with Gasteiger partial charge in [0.05, 0.1) is 32.1 Å². The summed E-state index contributed by atoms with van der Waals surface area (Å²) >= 11 is 6.34. The van der Waals surface area contributed by atoms with Crippen LogP contribution < -0.4 is 15.2 Å². The molecule has 0 fully saturated rings. The van der Waals surface area contributed by atoms with Crippen molar-refractivity contribution in [3.8, 4) is 35.1 Å². The summed E-state index contributed by atoms with van der Waals surface area (Å²) in [6.07, 6.45) is 6.85. The molecule has 0 atom stereocenters. The standard InChI is InChI=1S/C14H14ClN3O2/c1-4-7-18-8-17-12(14(18)16)9-5-6-10(19-2)13(20-3)11(9)15/h1,5-6,8H,7,16H2,2-3H3. The quantitative estimate of drug-likeness (QED) is 0.879. The van der Waals surface area contributed by atoms with Gasteiger partial charge in [0.2, 0.25) is 0 Å². The molecular weight excluding hydrogens is 278 g/mol. The number of rotatable bonds is 4. The van der Waals surface area contributed by atoms with Crippen molar-refractivity contribution >= 4 is 17.4 Å². The summed E-state index contributed by atoms with van der Waals surface area (Å²) in [6, 6.07) is 3.53. The third-order valence-corrected chi connectivity index (χ3v) is 3.26. The number of hydrogen-bond donors (Lipinski definition) is 1. The van der Waals surface area contributed by atoms with E-state index in [0.29, 0.717) is 40.1 Å². The Balaban J connectivity index is 2.57. The van der Waals surface area contributed by atoms with E-state index in [4.69, 9.17) is 33.2 Å². The molecule has 6 heteroatoms. The van der Waals surface area contributed by atoms with Crippen LogP contribution in [-0.2, 0) is 6.54 Å². The number of halogens is 1. The molecule has 104 valence electrons. The Morgan fingerprint density at radius 3 is 2.75 bits per heavy atom. The largest absolute Gasteiger partial charge is 0.493 e. The topological polar surface area (TPSA) is 62.3 Å². The smallest absolute Gasteiger partial charge is 0.180 e. The number of methoxy groups -OCH3 is 2. The second-order valence-electron chi connectivity index (χ2n) is 3.97. The van der Waals surface area contributed by atoms with Crippen LogP contribution in [0.5, 0.6) is 11.5 Å². The highest BCUT2D eigenvalue weighted by Gasteiger charge is 2.18. The Morgan fingerprint density at radius 2 is 2.15 bits per heavy atom. The zero-order valence-electron chi connectivity index (χ0n) is 11.2. The zero-order chi connectivity index (χ0) is 14.7. The van der Waals surface area contributed by atoms with E-state index in [-0.39, 0.29) is 0 Å². The monoisotopic (exact) mass is 291 g/mol. The summed E-state index contributed by atoms with van der Waals surface area (Å²) in [5, 5.41) is 0.393. The van der Waals surface area contributed by atoms with Gasteiger partial charge < -0.3 is 19.8 Å². The van der Waals surface area contributed by atoms with Crippen molar-refractivity contribution in [1.82, 2.24) is 9.55 Å². The SMILES string of the molecule is C#CCn1cnc(-c2ccc(OC)c(OC)c2Cl)c1N. The molecule has 1 heterocycles. The molecule has 0 amide bonds. The maximum Gasteiger partial charge on any atom is 0.180 e. The first-order valence-corrected chi connectivity index (χ1v) is 6.16. The first kappa shape index (κ1) is 14.1. The summed E-state index contributed by atoms with van der Waals surface area (Å²) < 4.78 is 12.1. The maximum absolute atomic E-state index is 6.34. The van der Waals surface area contributed by atoms with Crippen LogP contribution in [-0.4, -0.2) is 23.8 Å². The normalized spacial score (nSPS) is 10.1. The van der Waals surface area contributed by atoms with Crippen LogP contribution in [0.2, 0.25) is 5.02 Å². The molecule has 0 saturated carbocycles. The minimum absolute atomic E-state index is 0.351. The number of terminal acetylenes is 1. The summed E-state index contributed by atoms with van der Waals surface area (Å²) in [7, 11) is 3.07. The Kier molecular flexibility index (Phi) is 4.06. The average molecular weight is 292 g/mol. The fourth-order valence-corrected chi connectivity index (χ4v) is 2.22. The van der Waals surface area contributed by atoms with E-state index in [9.17, 15) is 0 Å². The highest BCUT2D eigenvalue weighted by molar-refractivity contribution is 6.35. The van der Waals surface area contributed by atoms with Crippen LogP contribution >= 0.6 is 11.6 Å². The number of anilines is 1. The minimum atomic E-state index is 0.351. The van der Waals surface area contributed by atoms with Gasteiger partial charge >= 0.3 is 0 Å². The van der Waals surface area contributed by atoms with Gasteiger partial charge in [0.1, 0.15) is 11.5 Å². The van der Waals surface area contributed by atoms with Crippen LogP contribution in [0.25, 0.3) is 11.3 Å². The number of ether oxygens (including phenoxy) is 2. The number of hydrogen-bond acceptors (Lipinski definition) is 4. The molecule has 0 saturated heterocycles. The van der Waals surface area contributed by atoms with Crippen LogP contribution in [0.3, 0.4) is 0 Å². The summed E-state index contributed by atoms with van der Waals surface area (Å²) in [4.78, 5) is 4.26. The van der Waals surface area contributed by atoms with E-state index in [1.807, 2.05) is 0 Å². The molecule has 1 aromatic heterocycles. The molecule has 0 bridgehead atoms. The first-order valence-electron chi connectivity index (χ1n) is 5.79. The van der Waals surface area contributed by atoms with Crippen molar-refractivity contribution in [3.63, 3.8) is 0 Å². The van der Waals surface area contributed by atoms with Crippen LogP contribution in [0.15, 0.2) is 18.5 Å². The molecule has 0 unspecified atom stereocenters. The lowest BCUT2D eigenvalue weighted by molar-refractivity contribution is 0.355. The Bertz CT molecular complexity index is 674. The number of nitrogen functional groups attached to an aromatic ring is 1. The van der Waals surface area contributed by atoms with E-state index in [1.54, 1.807) is 30.1 Å². The van der Waals surface area contributed by atoms with E-state index in [0.717, 1.165) is 0 Å². The number of nitrogens with zero attached hydrogens (tertiary/aromatic N) is 2. The molecule has 1 aromatic carbocycles. The van der Waals surface area contributed by atoms with Gasteiger partial charge in [-0.05, 0) is 12.1 Å². The van der Waals surface area contributed by atoms with E-state index in [1.165, 1.54) is 7.11 Å². The minimum Gasteiger partial charge on any atom is -0.493 e. The number of nitrogens with two attached hydrogens (primary N) is 1. The second-order valence-corrected chi connectivity index (χ2v) is 4.35. The zero-order valence-corrected chi connectivity index (χ0v) is 11.9. The molecule has 20 heavy (non-hydrogen) atoms. The van der Waals surface area contributed by atoms with Crippen LogP contribution in [0.1, 0.15) is 0 Å². The van der Waals surface area contributed by atoms with E-state index < -0.39 is 0 Å². The molecule has 0 aliphatic rings. The van der Waals surface area contributed by atoms with Gasteiger partial charge in [-0.2, -0.15) is 0 Å². The van der Waals surface area contributed by atoms with Gasteiger partial charge in [-0.1, -0.05) is 17.5 Å². The second kappa shape index (κ2) is 5.76. The molecule has 0 radical (unpaired) electrons. The highest BCUT2D eigenvalue weighted by atomic mass is 35.5. The van der Waals surface area contributed by atoms with E-state index >= 15 is 0 Å². The molecule has 0 aliphatic heterocycles. The van der Waals surface area contributed by atoms with Crippen molar-refractivity contribution in [2.45, 2.75) is 6.54 Å². The Morgan fingerprint density at radius 1 is 1.40 bits per heavy atom. The fraction of sp³-hybridized carbons (Fsp3) is 0.214. The third-order valence-electron chi connectivity index (χ3n) is 2.88. The van der Waals surface area contributed by atoms with Crippen molar-refractivity contribution in [3.05, 3.63) is 23.5 Å². The molecule has 0 aliphatic carbocycles. The van der Waals surface area contributed by atoms with Crippen molar-refractivity contribution in [2.24, 2.45) is 0 Å². The fourth-order valence-electron chi connectivity index (χ4n) is 1.90. The van der Waals surface area contributed by atoms with Crippen molar-refractivity contribution in [1.29, 1.82) is 0 Å². The Hall–Kier alpha value is -2.32. The molecule has 5 nitrogen and oxygen atoms in total. The van der Waals surface area contributed by atoms with Gasteiger partial charge in [0, 0.05) is 5.56 Å². The maximum atomic E-state index is 6.34.